The van der Waals surface area contributed by atoms with Crippen LogP contribution in [-0.4, -0.2) is 29.1 Å². The highest BCUT2D eigenvalue weighted by atomic mass is 79.9. The van der Waals surface area contributed by atoms with E-state index in [1.165, 1.54) is 4.88 Å². The molecule has 0 spiro atoms. The van der Waals surface area contributed by atoms with E-state index in [-0.39, 0.29) is 0 Å². The molecule has 1 fully saturated rings. The standard InChI is InChI=1S/C13H18BrNO2S/c1-2-13(12(16)17)5-3-6-15(9-13)8-11-10(14)4-7-18-11/h4,7H,2-3,5-6,8-9H2,1H3,(H,16,17). The molecule has 2 rings (SSSR count). The molecule has 2 heterocycles. The molecule has 18 heavy (non-hydrogen) atoms. The van der Waals surface area contributed by atoms with Gasteiger partial charge in [0.2, 0.25) is 0 Å². The predicted molar refractivity (Wildman–Crippen MR) is 76.9 cm³/mol. The van der Waals surface area contributed by atoms with E-state index in [0.29, 0.717) is 13.0 Å². The molecule has 0 radical (unpaired) electrons. The summed E-state index contributed by atoms with van der Waals surface area (Å²) in [7, 11) is 0. The lowest BCUT2D eigenvalue weighted by Gasteiger charge is -2.39. The highest BCUT2D eigenvalue weighted by molar-refractivity contribution is 9.10. The maximum absolute atomic E-state index is 11.5. The van der Waals surface area contributed by atoms with Crippen LogP contribution >= 0.6 is 27.3 Å². The number of thiophene rings is 1. The zero-order valence-electron chi connectivity index (χ0n) is 10.5. The molecule has 1 aromatic heterocycles. The van der Waals surface area contributed by atoms with Crippen molar-refractivity contribution in [3.63, 3.8) is 0 Å². The number of rotatable bonds is 4. The van der Waals surface area contributed by atoms with Crippen molar-refractivity contribution < 1.29 is 9.90 Å². The molecule has 0 saturated carbocycles. The van der Waals surface area contributed by atoms with Gasteiger partial charge in [-0.1, -0.05) is 6.92 Å². The van der Waals surface area contributed by atoms with E-state index >= 15 is 0 Å². The zero-order chi connectivity index (χ0) is 13.2. The second-order valence-electron chi connectivity index (χ2n) is 4.94. The Morgan fingerprint density at radius 2 is 2.44 bits per heavy atom. The first kappa shape index (κ1) is 14.0. The molecule has 1 aliphatic heterocycles. The van der Waals surface area contributed by atoms with Gasteiger partial charge in [-0.2, -0.15) is 0 Å². The Kier molecular flexibility index (Phi) is 4.45. The lowest BCUT2D eigenvalue weighted by atomic mass is 9.77. The number of carboxylic acid groups (broad SMARTS) is 1. The predicted octanol–water partition coefficient (Wildman–Crippen LogP) is 3.59. The highest BCUT2D eigenvalue weighted by Crippen LogP contribution is 2.35. The van der Waals surface area contributed by atoms with Crippen molar-refractivity contribution in [3.8, 4) is 0 Å². The Balaban J connectivity index is 2.07. The average Bonchev–Trinajstić information content (AvgIpc) is 2.75. The number of aliphatic carboxylic acids is 1. The van der Waals surface area contributed by atoms with Crippen molar-refractivity contribution in [2.75, 3.05) is 13.1 Å². The van der Waals surface area contributed by atoms with Gasteiger partial charge in [0.25, 0.3) is 0 Å². The van der Waals surface area contributed by atoms with E-state index < -0.39 is 11.4 Å². The largest absolute Gasteiger partial charge is 0.481 e. The fourth-order valence-corrected chi connectivity index (χ4v) is 4.14. The SMILES string of the molecule is CCC1(C(=O)O)CCCN(Cc2sccc2Br)C1. The number of piperidine rings is 1. The second kappa shape index (κ2) is 5.72. The number of carboxylic acids is 1. The maximum Gasteiger partial charge on any atom is 0.310 e. The van der Waals surface area contributed by atoms with Crippen LogP contribution in [0.2, 0.25) is 0 Å². The van der Waals surface area contributed by atoms with Crippen LogP contribution in [-0.2, 0) is 11.3 Å². The lowest BCUT2D eigenvalue weighted by Crippen LogP contribution is -2.47. The van der Waals surface area contributed by atoms with E-state index in [0.717, 1.165) is 30.4 Å². The molecule has 3 nitrogen and oxygen atoms in total. The first-order valence-corrected chi connectivity index (χ1v) is 7.92. The van der Waals surface area contributed by atoms with Crippen LogP contribution in [0, 0.1) is 5.41 Å². The second-order valence-corrected chi connectivity index (χ2v) is 6.80. The highest BCUT2D eigenvalue weighted by Gasteiger charge is 2.40. The third-order valence-corrected chi connectivity index (χ3v) is 5.76. The molecule has 1 unspecified atom stereocenters. The summed E-state index contributed by atoms with van der Waals surface area (Å²) in [6.45, 7) is 4.51. The van der Waals surface area contributed by atoms with E-state index in [2.05, 4.69) is 26.2 Å². The summed E-state index contributed by atoms with van der Waals surface area (Å²) in [5.41, 5.74) is -0.540. The lowest BCUT2D eigenvalue weighted by molar-refractivity contribution is -0.153. The van der Waals surface area contributed by atoms with Crippen molar-refractivity contribution in [2.45, 2.75) is 32.7 Å². The Morgan fingerprint density at radius 1 is 1.67 bits per heavy atom. The van der Waals surface area contributed by atoms with Crippen molar-refractivity contribution in [2.24, 2.45) is 5.41 Å². The first-order chi connectivity index (χ1) is 8.57. The number of hydrogen-bond donors (Lipinski definition) is 1. The van der Waals surface area contributed by atoms with Crippen LogP contribution in [0.3, 0.4) is 0 Å². The summed E-state index contributed by atoms with van der Waals surface area (Å²) in [6, 6.07) is 2.05. The third kappa shape index (κ3) is 2.78. The molecule has 1 saturated heterocycles. The molecule has 5 heteroatoms. The average molecular weight is 332 g/mol. The van der Waals surface area contributed by atoms with E-state index in [1.54, 1.807) is 11.3 Å². The summed E-state index contributed by atoms with van der Waals surface area (Å²) in [5, 5.41) is 11.5. The summed E-state index contributed by atoms with van der Waals surface area (Å²) in [5.74, 6) is -0.639. The molecule has 1 aliphatic rings. The molecule has 0 amide bonds. The number of nitrogens with zero attached hydrogens (tertiary/aromatic N) is 1. The van der Waals surface area contributed by atoms with Gasteiger partial charge >= 0.3 is 5.97 Å². The minimum Gasteiger partial charge on any atom is -0.481 e. The summed E-state index contributed by atoms with van der Waals surface area (Å²) >= 11 is 5.26. The number of carbonyl (C=O) groups is 1. The topological polar surface area (TPSA) is 40.5 Å². The third-order valence-electron chi connectivity index (χ3n) is 3.84. The molecule has 0 bridgehead atoms. The van der Waals surface area contributed by atoms with Crippen LogP contribution in [0.1, 0.15) is 31.1 Å². The van der Waals surface area contributed by atoms with Crippen molar-refractivity contribution in [1.29, 1.82) is 0 Å². The first-order valence-electron chi connectivity index (χ1n) is 6.25. The molecule has 1 N–H and O–H groups in total. The number of hydrogen-bond acceptors (Lipinski definition) is 3. The number of halogens is 1. The molecular weight excluding hydrogens is 314 g/mol. The van der Waals surface area contributed by atoms with Crippen LogP contribution < -0.4 is 0 Å². The van der Waals surface area contributed by atoms with Crippen molar-refractivity contribution >= 4 is 33.2 Å². The van der Waals surface area contributed by atoms with Gasteiger partial charge in [0.1, 0.15) is 0 Å². The minimum absolute atomic E-state index is 0.540. The molecule has 0 aliphatic carbocycles. The monoisotopic (exact) mass is 331 g/mol. The van der Waals surface area contributed by atoms with Crippen LogP contribution in [0.5, 0.6) is 0 Å². The Hall–Kier alpha value is -0.390. The molecular formula is C13H18BrNO2S. The normalized spacial score (nSPS) is 25.2. The minimum atomic E-state index is -0.639. The van der Waals surface area contributed by atoms with Crippen molar-refractivity contribution in [1.82, 2.24) is 4.90 Å². The van der Waals surface area contributed by atoms with Gasteiger partial charge < -0.3 is 5.11 Å². The fraction of sp³-hybridized carbons (Fsp3) is 0.615. The summed E-state index contributed by atoms with van der Waals surface area (Å²) < 4.78 is 1.13. The van der Waals surface area contributed by atoms with Gasteiger partial charge in [-0.3, -0.25) is 9.69 Å². The zero-order valence-corrected chi connectivity index (χ0v) is 12.9. The summed E-state index contributed by atoms with van der Waals surface area (Å²) in [6.07, 6.45) is 2.49. The van der Waals surface area contributed by atoms with Crippen LogP contribution in [0.4, 0.5) is 0 Å². The van der Waals surface area contributed by atoms with E-state index in [1.807, 2.05) is 13.0 Å². The van der Waals surface area contributed by atoms with Gasteiger partial charge in [-0.25, -0.2) is 0 Å². The van der Waals surface area contributed by atoms with Gasteiger partial charge in [0, 0.05) is 22.4 Å². The van der Waals surface area contributed by atoms with Gasteiger partial charge in [0.05, 0.1) is 5.41 Å². The maximum atomic E-state index is 11.5. The summed E-state index contributed by atoms with van der Waals surface area (Å²) in [4.78, 5) is 15.0. The van der Waals surface area contributed by atoms with Gasteiger partial charge in [0.15, 0.2) is 0 Å². The van der Waals surface area contributed by atoms with E-state index in [4.69, 9.17) is 0 Å². The van der Waals surface area contributed by atoms with Crippen LogP contribution in [0.25, 0.3) is 0 Å². The molecule has 100 valence electrons. The Bertz CT molecular complexity index is 434. The van der Waals surface area contributed by atoms with Gasteiger partial charge in [-0.15, -0.1) is 11.3 Å². The Morgan fingerprint density at radius 3 is 3.00 bits per heavy atom. The fourth-order valence-electron chi connectivity index (χ4n) is 2.62. The Labute approximate surface area is 120 Å². The van der Waals surface area contributed by atoms with E-state index in [9.17, 15) is 9.90 Å². The number of likely N-dealkylation sites (tertiary alicyclic amines) is 1. The van der Waals surface area contributed by atoms with Crippen molar-refractivity contribution in [3.05, 3.63) is 20.8 Å². The molecule has 1 atom stereocenters. The van der Waals surface area contributed by atoms with Gasteiger partial charge in [-0.05, 0) is 53.2 Å². The smallest absolute Gasteiger partial charge is 0.310 e. The molecule has 0 aromatic carbocycles. The quantitative estimate of drug-likeness (QED) is 0.916. The molecule has 1 aromatic rings. The van der Waals surface area contributed by atoms with Crippen LogP contribution in [0.15, 0.2) is 15.9 Å².